The summed E-state index contributed by atoms with van der Waals surface area (Å²) in [7, 11) is 0. The first kappa shape index (κ1) is 13.5. The van der Waals surface area contributed by atoms with Crippen molar-refractivity contribution in [1.82, 2.24) is 0 Å². The molecular weight excluding hydrogens is 278 g/mol. The lowest BCUT2D eigenvalue weighted by Gasteiger charge is -2.33. The first-order valence-corrected chi connectivity index (χ1v) is 6.96. The number of carbonyl (C=O) groups is 1. The van der Waals surface area contributed by atoms with Crippen LogP contribution in [0.5, 0.6) is 5.75 Å². The second-order valence-electron chi connectivity index (χ2n) is 5.45. The van der Waals surface area contributed by atoms with Crippen molar-refractivity contribution >= 4 is 28.8 Å². The number of carbonyl (C=O) groups excluding carboxylic acids is 1. The lowest BCUT2D eigenvalue weighted by atomic mass is 9.97. The number of amides is 1. The normalized spacial score (nSPS) is 20.6. The van der Waals surface area contributed by atoms with Gasteiger partial charge in [-0.15, -0.1) is 0 Å². The molecule has 0 spiro atoms. The number of ether oxygens (including phenoxy) is 2. The standard InChI is InChI=1S/C15H16ClNO3/c1-15(2)14(18)17-12-8-10(16)7-11(13(12)20-15)9-3-5-19-6-4-9/h3,7-8H,4-6H2,1-2H3,(H,17,18). The fourth-order valence-electron chi connectivity index (χ4n) is 2.38. The van der Waals surface area contributed by atoms with Gasteiger partial charge >= 0.3 is 0 Å². The average molecular weight is 294 g/mol. The molecule has 1 N–H and O–H groups in total. The van der Waals surface area contributed by atoms with E-state index in [1.54, 1.807) is 19.9 Å². The molecule has 1 amide bonds. The first-order chi connectivity index (χ1) is 9.47. The lowest BCUT2D eigenvalue weighted by molar-refractivity contribution is -0.129. The van der Waals surface area contributed by atoms with Gasteiger partial charge in [0.1, 0.15) is 0 Å². The third-order valence-electron chi connectivity index (χ3n) is 3.52. The van der Waals surface area contributed by atoms with Crippen molar-refractivity contribution in [2.45, 2.75) is 25.9 Å². The van der Waals surface area contributed by atoms with Crippen molar-refractivity contribution in [1.29, 1.82) is 0 Å². The van der Waals surface area contributed by atoms with Gasteiger partial charge in [-0.1, -0.05) is 17.7 Å². The largest absolute Gasteiger partial charge is 0.475 e. The van der Waals surface area contributed by atoms with Crippen molar-refractivity contribution in [2.75, 3.05) is 18.5 Å². The second kappa shape index (κ2) is 4.79. The van der Waals surface area contributed by atoms with Gasteiger partial charge in [0.2, 0.25) is 0 Å². The molecule has 20 heavy (non-hydrogen) atoms. The zero-order chi connectivity index (χ0) is 14.3. The Labute approximate surface area is 122 Å². The highest BCUT2D eigenvalue weighted by atomic mass is 35.5. The van der Waals surface area contributed by atoms with Crippen LogP contribution in [-0.2, 0) is 9.53 Å². The smallest absolute Gasteiger partial charge is 0.268 e. The summed E-state index contributed by atoms with van der Waals surface area (Å²) in [6.07, 6.45) is 2.84. The minimum atomic E-state index is -0.888. The van der Waals surface area contributed by atoms with E-state index < -0.39 is 5.60 Å². The Morgan fingerprint density at radius 2 is 2.15 bits per heavy atom. The van der Waals surface area contributed by atoms with E-state index in [0.29, 0.717) is 29.7 Å². The van der Waals surface area contributed by atoms with E-state index in [9.17, 15) is 4.79 Å². The Balaban J connectivity index is 2.12. The summed E-state index contributed by atoms with van der Waals surface area (Å²) in [6, 6.07) is 3.60. The van der Waals surface area contributed by atoms with Gasteiger partial charge in [-0.3, -0.25) is 4.79 Å². The molecule has 2 heterocycles. The maximum Gasteiger partial charge on any atom is 0.268 e. The number of nitrogens with one attached hydrogen (secondary N) is 1. The van der Waals surface area contributed by atoms with Crippen LogP contribution >= 0.6 is 11.6 Å². The number of hydrogen-bond donors (Lipinski definition) is 1. The molecule has 0 aromatic heterocycles. The zero-order valence-corrected chi connectivity index (χ0v) is 12.2. The summed E-state index contributed by atoms with van der Waals surface area (Å²) < 4.78 is 11.3. The van der Waals surface area contributed by atoms with E-state index in [4.69, 9.17) is 21.1 Å². The van der Waals surface area contributed by atoms with E-state index in [0.717, 1.165) is 17.6 Å². The highest BCUT2D eigenvalue weighted by molar-refractivity contribution is 6.31. The van der Waals surface area contributed by atoms with E-state index >= 15 is 0 Å². The van der Waals surface area contributed by atoms with Gasteiger partial charge in [0.05, 0.1) is 18.9 Å². The summed E-state index contributed by atoms with van der Waals surface area (Å²) in [5.41, 5.74) is 1.82. The van der Waals surface area contributed by atoms with Gasteiger partial charge in [-0.2, -0.15) is 0 Å². The number of rotatable bonds is 1. The maximum atomic E-state index is 12.0. The number of fused-ring (bicyclic) bond motifs is 1. The van der Waals surface area contributed by atoms with Gasteiger partial charge in [-0.25, -0.2) is 0 Å². The number of benzene rings is 1. The predicted octanol–water partition coefficient (Wildman–Crippen LogP) is 3.25. The third-order valence-corrected chi connectivity index (χ3v) is 3.73. The van der Waals surface area contributed by atoms with Crippen molar-refractivity contribution < 1.29 is 14.3 Å². The number of halogens is 1. The zero-order valence-electron chi connectivity index (χ0n) is 11.5. The Morgan fingerprint density at radius 3 is 2.85 bits per heavy atom. The molecule has 0 radical (unpaired) electrons. The summed E-state index contributed by atoms with van der Waals surface area (Å²) in [5.74, 6) is 0.520. The van der Waals surface area contributed by atoms with Crippen LogP contribution in [0.2, 0.25) is 5.02 Å². The fraction of sp³-hybridized carbons (Fsp3) is 0.400. The van der Waals surface area contributed by atoms with E-state index in [1.165, 1.54) is 0 Å². The highest BCUT2D eigenvalue weighted by Crippen LogP contribution is 2.42. The minimum absolute atomic E-state index is 0.167. The maximum absolute atomic E-state index is 12.0. The molecule has 0 aliphatic carbocycles. The molecule has 2 aliphatic rings. The lowest BCUT2D eigenvalue weighted by Crippen LogP contribution is -2.46. The van der Waals surface area contributed by atoms with Gasteiger partial charge in [0.15, 0.2) is 11.4 Å². The van der Waals surface area contributed by atoms with E-state index in [-0.39, 0.29) is 5.91 Å². The average Bonchev–Trinajstić information content (AvgIpc) is 2.41. The van der Waals surface area contributed by atoms with Crippen molar-refractivity contribution in [3.05, 3.63) is 28.8 Å². The van der Waals surface area contributed by atoms with Crippen LogP contribution in [0.4, 0.5) is 5.69 Å². The quantitative estimate of drug-likeness (QED) is 0.864. The molecule has 0 saturated carbocycles. The van der Waals surface area contributed by atoms with Crippen LogP contribution < -0.4 is 10.1 Å². The Morgan fingerprint density at radius 1 is 1.35 bits per heavy atom. The van der Waals surface area contributed by atoms with Gasteiger partial charge < -0.3 is 14.8 Å². The van der Waals surface area contributed by atoms with Crippen LogP contribution in [0, 0.1) is 0 Å². The van der Waals surface area contributed by atoms with Crippen LogP contribution in [0.1, 0.15) is 25.8 Å². The molecule has 0 saturated heterocycles. The molecule has 0 unspecified atom stereocenters. The second-order valence-corrected chi connectivity index (χ2v) is 5.89. The Hall–Kier alpha value is -1.52. The van der Waals surface area contributed by atoms with Gasteiger partial charge in [0, 0.05) is 10.6 Å². The van der Waals surface area contributed by atoms with Crippen LogP contribution in [-0.4, -0.2) is 24.7 Å². The van der Waals surface area contributed by atoms with Gasteiger partial charge in [-0.05, 0) is 38.0 Å². The minimum Gasteiger partial charge on any atom is -0.475 e. The molecule has 0 bridgehead atoms. The number of hydrogen-bond acceptors (Lipinski definition) is 3. The molecule has 5 heteroatoms. The summed E-state index contributed by atoms with van der Waals surface area (Å²) in [4.78, 5) is 12.0. The number of anilines is 1. The summed E-state index contributed by atoms with van der Waals surface area (Å²) in [6.45, 7) is 4.78. The fourth-order valence-corrected chi connectivity index (χ4v) is 2.60. The molecule has 1 aromatic rings. The molecule has 4 nitrogen and oxygen atoms in total. The topological polar surface area (TPSA) is 47.6 Å². The van der Waals surface area contributed by atoms with Crippen molar-refractivity contribution in [2.24, 2.45) is 0 Å². The summed E-state index contributed by atoms with van der Waals surface area (Å²) >= 11 is 6.15. The summed E-state index contributed by atoms with van der Waals surface area (Å²) in [5, 5.41) is 3.44. The molecule has 2 aliphatic heterocycles. The predicted molar refractivity (Wildman–Crippen MR) is 78.2 cm³/mol. The molecule has 1 aromatic carbocycles. The van der Waals surface area contributed by atoms with E-state index in [2.05, 4.69) is 5.32 Å². The Bertz CT molecular complexity index is 607. The highest BCUT2D eigenvalue weighted by Gasteiger charge is 2.37. The van der Waals surface area contributed by atoms with E-state index in [1.807, 2.05) is 12.1 Å². The SMILES string of the molecule is CC1(C)Oc2c(cc(Cl)cc2C2=CCOCC2)NC1=O. The molecule has 0 atom stereocenters. The molecule has 106 valence electrons. The third kappa shape index (κ3) is 2.30. The Kier molecular flexibility index (Phi) is 3.22. The molecule has 3 rings (SSSR count). The first-order valence-electron chi connectivity index (χ1n) is 6.58. The van der Waals surface area contributed by atoms with Crippen molar-refractivity contribution in [3.8, 4) is 5.75 Å². The molecule has 0 fully saturated rings. The monoisotopic (exact) mass is 293 g/mol. The van der Waals surface area contributed by atoms with Crippen LogP contribution in [0.3, 0.4) is 0 Å². The van der Waals surface area contributed by atoms with Crippen LogP contribution in [0.25, 0.3) is 5.57 Å². The van der Waals surface area contributed by atoms with Gasteiger partial charge in [0.25, 0.3) is 5.91 Å². The van der Waals surface area contributed by atoms with Crippen molar-refractivity contribution in [3.63, 3.8) is 0 Å². The molecular formula is C15H16ClNO3. The van der Waals surface area contributed by atoms with Crippen LogP contribution in [0.15, 0.2) is 18.2 Å².